The summed E-state index contributed by atoms with van der Waals surface area (Å²) in [6.07, 6.45) is 0. The van der Waals surface area contributed by atoms with Gasteiger partial charge < -0.3 is 11.1 Å². The normalized spacial score (nSPS) is 10.6. The minimum atomic E-state index is 0.603. The van der Waals surface area contributed by atoms with Crippen molar-refractivity contribution in [3.63, 3.8) is 0 Å². The zero-order chi connectivity index (χ0) is 18.0. The smallest absolute Gasteiger partial charge is 0.0433 e. The Bertz CT molecular complexity index is 1060. The second-order valence-corrected chi connectivity index (χ2v) is 6.99. The first-order chi connectivity index (χ1) is 12.1. The molecule has 25 heavy (non-hydrogen) atoms. The van der Waals surface area contributed by atoms with E-state index in [0.29, 0.717) is 5.71 Å². The van der Waals surface area contributed by atoms with Crippen molar-refractivity contribution in [2.75, 3.05) is 7.05 Å². The average Bonchev–Trinajstić information content (AvgIpc) is 3.03. The van der Waals surface area contributed by atoms with Gasteiger partial charge in [0.2, 0.25) is 0 Å². The lowest BCUT2D eigenvalue weighted by atomic mass is 9.99. The van der Waals surface area contributed by atoms with Gasteiger partial charge >= 0.3 is 0 Å². The molecule has 3 heteroatoms. The van der Waals surface area contributed by atoms with Crippen LogP contribution in [-0.2, 0) is 0 Å². The Morgan fingerprint density at radius 3 is 2.44 bits per heavy atom. The molecule has 3 N–H and O–H groups in total. The summed E-state index contributed by atoms with van der Waals surface area (Å²) in [6.45, 7) is 4.02. The van der Waals surface area contributed by atoms with Gasteiger partial charge in [0.05, 0.1) is 0 Å². The van der Waals surface area contributed by atoms with E-state index < -0.39 is 0 Å². The topological polar surface area (TPSA) is 49.9 Å². The molecule has 0 unspecified atom stereocenters. The number of nitrogens with two attached hydrogens (primary N) is 1. The molecule has 4 rings (SSSR count). The fourth-order valence-corrected chi connectivity index (χ4v) is 4.49. The molecule has 0 spiro atoms. The first-order valence-electron chi connectivity index (χ1n) is 8.29. The van der Waals surface area contributed by atoms with E-state index in [2.05, 4.69) is 61.2 Å². The van der Waals surface area contributed by atoms with Gasteiger partial charge in [-0.2, -0.15) is 0 Å². The highest BCUT2D eigenvalue weighted by molar-refractivity contribution is 7.26. The van der Waals surface area contributed by atoms with E-state index in [4.69, 9.17) is 5.41 Å². The Balaban J connectivity index is 0.000000880. The fraction of sp³-hybridized carbons (Fsp3) is 0.136. The van der Waals surface area contributed by atoms with Gasteiger partial charge in [-0.05, 0) is 55.3 Å². The molecular weight excluding hydrogens is 324 g/mol. The van der Waals surface area contributed by atoms with Crippen molar-refractivity contribution >= 4 is 37.2 Å². The molecule has 4 aromatic rings. The van der Waals surface area contributed by atoms with E-state index in [9.17, 15) is 0 Å². The van der Waals surface area contributed by atoms with Crippen LogP contribution in [0.1, 0.15) is 18.1 Å². The molecule has 0 atom stereocenters. The zero-order valence-electron chi connectivity index (χ0n) is 14.8. The summed E-state index contributed by atoms with van der Waals surface area (Å²) in [5.74, 6) is 0. The molecule has 1 heterocycles. The monoisotopic (exact) mass is 346 g/mol. The van der Waals surface area contributed by atoms with Crippen molar-refractivity contribution in [1.82, 2.24) is 0 Å². The van der Waals surface area contributed by atoms with Gasteiger partial charge in [0, 0.05) is 25.9 Å². The van der Waals surface area contributed by atoms with E-state index in [1.54, 1.807) is 0 Å². The van der Waals surface area contributed by atoms with Gasteiger partial charge in [-0.25, -0.2) is 0 Å². The summed E-state index contributed by atoms with van der Waals surface area (Å²) >= 11 is 1.86. The Hall–Kier alpha value is -2.49. The summed E-state index contributed by atoms with van der Waals surface area (Å²) in [7, 11) is 1.50. The van der Waals surface area contributed by atoms with Crippen LogP contribution >= 0.6 is 11.3 Å². The highest BCUT2D eigenvalue weighted by Crippen LogP contribution is 2.41. The summed E-state index contributed by atoms with van der Waals surface area (Å²) in [5, 5.41) is 10.6. The first-order valence-corrected chi connectivity index (χ1v) is 9.11. The molecule has 0 amide bonds. The van der Waals surface area contributed by atoms with Crippen LogP contribution in [0.3, 0.4) is 0 Å². The second kappa shape index (κ2) is 7.18. The Morgan fingerprint density at radius 1 is 0.960 bits per heavy atom. The van der Waals surface area contributed by atoms with Gasteiger partial charge in [0.1, 0.15) is 0 Å². The van der Waals surface area contributed by atoms with Gasteiger partial charge in [-0.3, -0.25) is 0 Å². The molecule has 1 aromatic heterocycles. The summed E-state index contributed by atoms with van der Waals surface area (Å²) in [4.78, 5) is 0. The van der Waals surface area contributed by atoms with Gasteiger partial charge in [-0.15, -0.1) is 11.3 Å². The summed E-state index contributed by atoms with van der Waals surface area (Å²) in [5.41, 5.74) is 9.85. The Labute approximate surface area is 152 Å². The molecule has 0 aliphatic rings. The van der Waals surface area contributed by atoms with Gasteiger partial charge in [0.15, 0.2) is 0 Å². The quantitative estimate of drug-likeness (QED) is 0.430. The lowest BCUT2D eigenvalue weighted by Gasteiger charge is -2.06. The van der Waals surface area contributed by atoms with Gasteiger partial charge in [-0.1, -0.05) is 48.5 Å². The summed E-state index contributed by atoms with van der Waals surface area (Å²) < 4.78 is 2.67. The first kappa shape index (κ1) is 17.3. The van der Waals surface area contributed by atoms with Crippen LogP contribution in [0, 0.1) is 12.3 Å². The Kier molecular flexibility index (Phi) is 4.98. The SMILES string of the molecule is CC(=N)c1cccc(-c2cccc3c2sc2cccc(C)c23)c1.CN. The van der Waals surface area contributed by atoms with Crippen LogP contribution < -0.4 is 5.73 Å². The number of fused-ring (bicyclic) bond motifs is 3. The number of hydrogen-bond acceptors (Lipinski definition) is 3. The number of benzene rings is 3. The lowest BCUT2D eigenvalue weighted by molar-refractivity contribution is 1.45. The third-order valence-corrected chi connectivity index (χ3v) is 5.54. The van der Waals surface area contributed by atoms with Crippen LogP contribution in [0.5, 0.6) is 0 Å². The highest BCUT2D eigenvalue weighted by Gasteiger charge is 2.11. The third-order valence-electron chi connectivity index (χ3n) is 4.34. The third kappa shape index (κ3) is 3.09. The number of hydrogen-bond donors (Lipinski definition) is 2. The maximum Gasteiger partial charge on any atom is 0.0433 e. The number of thiophene rings is 1. The van der Waals surface area contributed by atoms with E-state index in [-0.39, 0.29) is 0 Å². The minimum Gasteiger partial charge on any atom is -0.333 e. The van der Waals surface area contributed by atoms with Crippen molar-refractivity contribution in [2.24, 2.45) is 5.73 Å². The maximum absolute atomic E-state index is 7.88. The van der Waals surface area contributed by atoms with Crippen LogP contribution in [0.15, 0.2) is 60.7 Å². The van der Waals surface area contributed by atoms with Crippen LogP contribution in [0.2, 0.25) is 0 Å². The number of rotatable bonds is 2. The second-order valence-electron chi connectivity index (χ2n) is 5.94. The molecule has 0 aliphatic carbocycles. The average molecular weight is 346 g/mol. The van der Waals surface area contributed by atoms with Crippen molar-refractivity contribution in [3.8, 4) is 11.1 Å². The zero-order valence-corrected chi connectivity index (χ0v) is 15.6. The van der Waals surface area contributed by atoms with Gasteiger partial charge in [0.25, 0.3) is 0 Å². The number of aryl methyl sites for hydroxylation is 1. The van der Waals surface area contributed by atoms with E-state index in [1.165, 1.54) is 43.9 Å². The molecular formula is C22H22N2S. The predicted octanol–water partition coefficient (Wildman–Crippen LogP) is 5.99. The van der Waals surface area contributed by atoms with Crippen LogP contribution in [0.4, 0.5) is 0 Å². The molecule has 0 fully saturated rings. The van der Waals surface area contributed by atoms with Crippen LogP contribution in [0.25, 0.3) is 31.3 Å². The van der Waals surface area contributed by atoms with E-state index >= 15 is 0 Å². The molecule has 126 valence electrons. The van der Waals surface area contributed by atoms with E-state index in [0.717, 1.165) is 5.56 Å². The fourth-order valence-electron chi connectivity index (χ4n) is 3.17. The van der Waals surface area contributed by atoms with Crippen molar-refractivity contribution < 1.29 is 0 Å². The molecule has 2 nitrogen and oxygen atoms in total. The largest absolute Gasteiger partial charge is 0.333 e. The standard InChI is InChI=1S/C21H17NS.CH5N/c1-13-6-3-11-19-20(13)18-10-5-9-17(21(18)23-19)16-8-4-7-15(12-16)14(2)22;1-2/h3-12,22H,1-2H3;2H2,1H3. The van der Waals surface area contributed by atoms with Crippen molar-refractivity contribution in [3.05, 3.63) is 71.8 Å². The number of nitrogens with one attached hydrogen (secondary N) is 1. The van der Waals surface area contributed by atoms with Crippen molar-refractivity contribution in [1.29, 1.82) is 5.41 Å². The summed E-state index contributed by atoms with van der Waals surface area (Å²) in [6, 6.07) is 21.4. The molecule has 0 bridgehead atoms. The van der Waals surface area contributed by atoms with Crippen molar-refractivity contribution in [2.45, 2.75) is 13.8 Å². The van der Waals surface area contributed by atoms with E-state index in [1.807, 2.05) is 30.4 Å². The minimum absolute atomic E-state index is 0.603. The molecule has 3 aromatic carbocycles. The molecule has 0 radical (unpaired) electrons. The molecule has 0 saturated carbocycles. The molecule has 0 aliphatic heterocycles. The maximum atomic E-state index is 7.88. The highest BCUT2D eigenvalue weighted by atomic mass is 32.1. The predicted molar refractivity (Wildman–Crippen MR) is 112 cm³/mol. The molecule has 0 saturated heterocycles. The van der Waals surface area contributed by atoms with Crippen LogP contribution in [-0.4, -0.2) is 12.8 Å². The lowest BCUT2D eigenvalue weighted by Crippen LogP contribution is -1.91. The Morgan fingerprint density at radius 2 is 1.68 bits per heavy atom.